The van der Waals surface area contributed by atoms with Gasteiger partial charge in [0.1, 0.15) is 16.5 Å². The Bertz CT molecular complexity index is 1060. The summed E-state index contributed by atoms with van der Waals surface area (Å²) in [5.41, 5.74) is 2.64. The van der Waals surface area contributed by atoms with Crippen molar-refractivity contribution in [2.45, 2.75) is 6.92 Å². The molecule has 0 spiro atoms. The Morgan fingerprint density at radius 2 is 1.85 bits per heavy atom. The van der Waals surface area contributed by atoms with Crippen LogP contribution in [0.2, 0.25) is 0 Å². The van der Waals surface area contributed by atoms with Crippen LogP contribution >= 0.6 is 11.3 Å². The molecule has 2 aromatic carbocycles. The summed E-state index contributed by atoms with van der Waals surface area (Å²) >= 11 is 1.57. The molecule has 0 saturated heterocycles. The Morgan fingerprint density at radius 1 is 1.04 bits per heavy atom. The number of thiophene rings is 1. The minimum absolute atomic E-state index is 0.257. The largest absolute Gasteiger partial charge is 0.329 e. The predicted molar refractivity (Wildman–Crippen MR) is 106 cm³/mol. The minimum atomic E-state index is -0.257. The summed E-state index contributed by atoms with van der Waals surface area (Å²) in [5.74, 6) is 1.06. The molecule has 1 N–H and O–H groups in total. The van der Waals surface area contributed by atoms with Gasteiger partial charge in [-0.3, -0.25) is 0 Å². The van der Waals surface area contributed by atoms with Crippen LogP contribution in [0.4, 0.5) is 27.5 Å². The van der Waals surface area contributed by atoms with Crippen molar-refractivity contribution in [3.8, 4) is 0 Å². The first-order valence-corrected chi connectivity index (χ1v) is 9.07. The van der Waals surface area contributed by atoms with Crippen molar-refractivity contribution in [1.82, 2.24) is 9.97 Å². The van der Waals surface area contributed by atoms with E-state index >= 15 is 0 Å². The van der Waals surface area contributed by atoms with E-state index in [4.69, 9.17) is 4.98 Å². The van der Waals surface area contributed by atoms with E-state index in [-0.39, 0.29) is 5.82 Å². The highest BCUT2D eigenvalue weighted by Gasteiger charge is 2.14. The lowest BCUT2D eigenvalue weighted by molar-refractivity contribution is 0.627. The molecule has 4 aromatic rings. The maximum Gasteiger partial charge on any atom is 0.230 e. The first-order chi connectivity index (χ1) is 12.6. The normalized spacial score (nSPS) is 10.9. The number of anilines is 4. The molecule has 0 aliphatic heterocycles. The Hall–Kier alpha value is -2.99. The van der Waals surface area contributed by atoms with Gasteiger partial charge in [-0.1, -0.05) is 18.2 Å². The molecule has 4 rings (SSSR count). The lowest BCUT2D eigenvalue weighted by Crippen LogP contribution is -2.13. The zero-order valence-corrected chi connectivity index (χ0v) is 15.2. The molecule has 6 heteroatoms. The highest BCUT2D eigenvalue weighted by Crippen LogP contribution is 2.33. The number of fused-ring (bicyclic) bond motifs is 1. The van der Waals surface area contributed by atoms with E-state index in [0.29, 0.717) is 5.95 Å². The number of nitrogens with zero attached hydrogens (tertiary/aromatic N) is 3. The van der Waals surface area contributed by atoms with Gasteiger partial charge in [0.15, 0.2) is 0 Å². The molecule has 130 valence electrons. The van der Waals surface area contributed by atoms with Gasteiger partial charge < -0.3 is 10.2 Å². The highest BCUT2D eigenvalue weighted by molar-refractivity contribution is 7.16. The van der Waals surface area contributed by atoms with E-state index in [2.05, 4.69) is 10.3 Å². The SMILES string of the molecule is Cc1cc(F)ccc1Nc1nc(N(C)c2ccccc2)c2ccsc2n1. The molecular formula is C20H17FN4S. The summed E-state index contributed by atoms with van der Waals surface area (Å²) in [6, 6.07) is 16.7. The standard InChI is InChI=1S/C20H17FN4S/c1-13-12-14(21)8-9-17(13)22-20-23-18(16-10-11-26-19(16)24-20)25(2)15-6-4-3-5-7-15/h3-12H,1-2H3,(H,22,23,24). The second-order valence-corrected chi connectivity index (χ2v) is 6.88. The van der Waals surface area contributed by atoms with Crippen molar-refractivity contribution in [3.05, 3.63) is 71.4 Å². The van der Waals surface area contributed by atoms with E-state index in [0.717, 1.165) is 33.0 Å². The molecule has 0 unspecified atom stereocenters. The Morgan fingerprint density at radius 3 is 2.62 bits per heavy atom. The molecule has 26 heavy (non-hydrogen) atoms. The Balaban J connectivity index is 1.77. The number of hydrogen-bond acceptors (Lipinski definition) is 5. The summed E-state index contributed by atoms with van der Waals surface area (Å²) in [6.07, 6.45) is 0. The maximum absolute atomic E-state index is 13.3. The first-order valence-electron chi connectivity index (χ1n) is 8.19. The molecule has 0 aliphatic carbocycles. The van der Waals surface area contributed by atoms with Gasteiger partial charge in [-0.25, -0.2) is 9.37 Å². The number of halogens is 1. The molecule has 0 saturated carbocycles. The molecule has 2 aromatic heterocycles. The van der Waals surface area contributed by atoms with E-state index in [1.807, 2.05) is 60.6 Å². The lowest BCUT2D eigenvalue weighted by Gasteiger charge is -2.20. The van der Waals surface area contributed by atoms with Crippen LogP contribution < -0.4 is 10.2 Å². The zero-order valence-electron chi connectivity index (χ0n) is 14.4. The second kappa shape index (κ2) is 6.72. The third kappa shape index (κ3) is 3.11. The van der Waals surface area contributed by atoms with Gasteiger partial charge in [-0.15, -0.1) is 11.3 Å². The molecule has 0 radical (unpaired) electrons. The number of hydrogen-bond donors (Lipinski definition) is 1. The molecule has 4 nitrogen and oxygen atoms in total. The molecule has 0 fully saturated rings. The van der Waals surface area contributed by atoms with Crippen LogP contribution in [0.5, 0.6) is 0 Å². The Labute approximate surface area is 155 Å². The van der Waals surface area contributed by atoms with Crippen molar-refractivity contribution in [2.75, 3.05) is 17.3 Å². The van der Waals surface area contributed by atoms with Crippen molar-refractivity contribution in [3.63, 3.8) is 0 Å². The van der Waals surface area contributed by atoms with E-state index in [1.165, 1.54) is 12.1 Å². The molecule has 0 aliphatic rings. The molecular weight excluding hydrogens is 347 g/mol. The fourth-order valence-electron chi connectivity index (χ4n) is 2.81. The van der Waals surface area contributed by atoms with Gasteiger partial charge in [-0.05, 0) is 54.3 Å². The van der Waals surface area contributed by atoms with Crippen LogP contribution in [0, 0.1) is 12.7 Å². The summed E-state index contributed by atoms with van der Waals surface area (Å²) < 4.78 is 13.3. The number of para-hydroxylation sites is 1. The quantitative estimate of drug-likeness (QED) is 0.508. The molecule has 0 amide bonds. The average molecular weight is 364 g/mol. The van der Waals surface area contributed by atoms with Crippen molar-refractivity contribution in [2.24, 2.45) is 0 Å². The number of rotatable bonds is 4. The van der Waals surface area contributed by atoms with E-state index in [9.17, 15) is 4.39 Å². The summed E-state index contributed by atoms with van der Waals surface area (Å²) in [7, 11) is 1.99. The summed E-state index contributed by atoms with van der Waals surface area (Å²) in [4.78, 5) is 12.3. The van der Waals surface area contributed by atoms with Crippen LogP contribution in [0.25, 0.3) is 10.2 Å². The van der Waals surface area contributed by atoms with Crippen LogP contribution in [0.3, 0.4) is 0 Å². The monoisotopic (exact) mass is 364 g/mol. The molecule has 0 bridgehead atoms. The zero-order chi connectivity index (χ0) is 18.1. The van der Waals surface area contributed by atoms with Gasteiger partial charge in [0.05, 0.1) is 5.39 Å². The maximum atomic E-state index is 13.3. The van der Waals surface area contributed by atoms with Crippen molar-refractivity contribution >= 4 is 44.7 Å². The smallest absolute Gasteiger partial charge is 0.230 e. The predicted octanol–water partition coefficient (Wildman–Crippen LogP) is 5.65. The number of aromatic nitrogens is 2. The topological polar surface area (TPSA) is 41.1 Å². The van der Waals surface area contributed by atoms with Gasteiger partial charge in [0, 0.05) is 18.4 Å². The van der Waals surface area contributed by atoms with Gasteiger partial charge in [-0.2, -0.15) is 4.98 Å². The van der Waals surface area contributed by atoms with E-state index < -0.39 is 0 Å². The van der Waals surface area contributed by atoms with Crippen LogP contribution in [0.15, 0.2) is 60.0 Å². The lowest BCUT2D eigenvalue weighted by atomic mass is 10.2. The fraction of sp³-hybridized carbons (Fsp3) is 0.100. The number of benzene rings is 2. The van der Waals surface area contributed by atoms with Crippen LogP contribution in [-0.2, 0) is 0 Å². The van der Waals surface area contributed by atoms with E-state index in [1.54, 1.807) is 17.4 Å². The third-order valence-electron chi connectivity index (χ3n) is 4.20. The summed E-state index contributed by atoms with van der Waals surface area (Å²) in [5, 5.41) is 6.23. The van der Waals surface area contributed by atoms with Crippen molar-refractivity contribution in [1.29, 1.82) is 0 Å². The summed E-state index contributed by atoms with van der Waals surface area (Å²) in [6.45, 7) is 1.85. The third-order valence-corrected chi connectivity index (χ3v) is 5.01. The minimum Gasteiger partial charge on any atom is -0.329 e. The van der Waals surface area contributed by atoms with Gasteiger partial charge >= 0.3 is 0 Å². The number of nitrogens with one attached hydrogen (secondary N) is 1. The average Bonchev–Trinajstić information content (AvgIpc) is 3.12. The second-order valence-electron chi connectivity index (χ2n) is 5.99. The Kier molecular flexibility index (Phi) is 4.26. The van der Waals surface area contributed by atoms with Crippen molar-refractivity contribution < 1.29 is 4.39 Å². The molecule has 0 atom stereocenters. The molecule has 2 heterocycles. The highest BCUT2D eigenvalue weighted by atomic mass is 32.1. The fourth-order valence-corrected chi connectivity index (χ4v) is 3.57. The van der Waals surface area contributed by atoms with Crippen LogP contribution in [0.1, 0.15) is 5.56 Å². The van der Waals surface area contributed by atoms with Crippen LogP contribution in [-0.4, -0.2) is 17.0 Å². The van der Waals surface area contributed by atoms with Gasteiger partial charge in [0.25, 0.3) is 0 Å². The van der Waals surface area contributed by atoms with Gasteiger partial charge in [0.2, 0.25) is 5.95 Å². The number of aryl methyl sites for hydroxylation is 1. The first kappa shape index (κ1) is 16.5.